The smallest absolute Gasteiger partial charge is 0.131 e. The van der Waals surface area contributed by atoms with Gasteiger partial charge in [0.2, 0.25) is 0 Å². The first-order valence-electron chi connectivity index (χ1n) is 7.23. The molecule has 2 rings (SSSR count). The second kappa shape index (κ2) is 6.35. The SMILES string of the molecule is CCC(CC)(c1ccccc1)C(O)c1ccc(F)cc1F. The molecule has 1 N–H and O–H groups in total. The zero-order chi connectivity index (χ0) is 15.5. The monoisotopic (exact) mass is 290 g/mol. The van der Waals surface area contributed by atoms with E-state index in [0.29, 0.717) is 12.8 Å². The fourth-order valence-electron chi connectivity index (χ4n) is 2.99. The van der Waals surface area contributed by atoms with E-state index in [1.165, 1.54) is 12.1 Å². The van der Waals surface area contributed by atoms with Crippen molar-refractivity contribution in [3.8, 4) is 0 Å². The second-order valence-electron chi connectivity index (χ2n) is 5.30. The summed E-state index contributed by atoms with van der Waals surface area (Å²) in [5.74, 6) is -1.34. The second-order valence-corrected chi connectivity index (χ2v) is 5.30. The third kappa shape index (κ3) is 2.84. The number of halogens is 2. The van der Waals surface area contributed by atoms with Gasteiger partial charge in [0.15, 0.2) is 0 Å². The Balaban J connectivity index is 2.52. The molecule has 112 valence electrons. The minimum absolute atomic E-state index is 0.143. The van der Waals surface area contributed by atoms with Gasteiger partial charge in [0.05, 0.1) is 6.10 Å². The molecule has 1 atom stereocenters. The van der Waals surface area contributed by atoms with Crippen LogP contribution in [0.2, 0.25) is 0 Å². The predicted octanol–water partition coefficient (Wildman–Crippen LogP) is 4.76. The van der Waals surface area contributed by atoms with Gasteiger partial charge >= 0.3 is 0 Å². The van der Waals surface area contributed by atoms with Gasteiger partial charge < -0.3 is 5.11 Å². The number of rotatable bonds is 5. The summed E-state index contributed by atoms with van der Waals surface area (Å²) < 4.78 is 27.1. The molecule has 2 aromatic carbocycles. The van der Waals surface area contributed by atoms with Crippen LogP contribution in [-0.4, -0.2) is 5.11 Å². The summed E-state index contributed by atoms with van der Waals surface area (Å²) in [7, 11) is 0. The van der Waals surface area contributed by atoms with Crippen molar-refractivity contribution in [2.45, 2.75) is 38.2 Å². The third-order valence-electron chi connectivity index (χ3n) is 4.39. The van der Waals surface area contributed by atoms with Gasteiger partial charge in [-0.2, -0.15) is 0 Å². The molecule has 0 amide bonds. The summed E-state index contributed by atoms with van der Waals surface area (Å²) in [6.45, 7) is 3.95. The Hall–Kier alpha value is -1.74. The Labute approximate surface area is 124 Å². The Morgan fingerprint density at radius 3 is 2.14 bits per heavy atom. The Bertz CT molecular complexity index is 591. The Kier molecular flexibility index (Phi) is 4.73. The molecule has 0 aliphatic carbocycles. The van der Waals surface area contributed by atoms with Gasteiger partial charge in [-0.3, -0.25) is 0 Å². The predicted molar refractivity (Wildman–Crippen MR) is 80.0 cm³/mol. The van der Waals surface area contributed by atoms with Crippen molar-refractivity contribution in [2.24, 2.45) is 0 Å². The zero-order valence-corrected chi connectivity index (χ0v) is 12.3. The summed E-state index contributed by atoms with van der Waals surface area (Å²) in [6, 6.07) is 12.9. The highest BCUT2D eigenvalue weighted by Gasteiger charge is 2.38. The van der Waals surface area contributed by atoms with Crippen LogP contribution in [0.15, 0.2) is 48.5 Å². The van der Waals surface area contributed by atoms with Gasteiger partial charge in [-0.1, -0.05) is 50.2 Å². The maximum absolute atomic E-state index is 14.0. The number of aliphatic hydroxyl groups is 1. The highest BCUT2D eigenvalue weighted by molar-refractivity contribution is 5.32. The lowest BCUT2D eigenvalue weighted by Gasteiger charge is -2.37. The van der Waals surface area contributed by atoms with E-state index in [1.807, 2.05) is 44.2 Å². The van der Waals surface area contributed by atoms with E-state index >= 15 is 0 Å². The molecule has 0 aliphatic heterocycles. The third-order valence-corrected chi connectivity index (χ3v) is 4.39. The minimum atomic E-state index is -1.02. The molecule has 1 unspecified atom stereocenters. The first-order chi connectivity index (χ1) is 10.0. The van der Waals surface area contributed by atoms with Crippen molar-refractivity contribution < 1.29 is 13.9 Å². The van der Waals surface area contributed by atoms with Crippen LogP contribution in [-0.2, 0) is 5.41 Å². The van der Waals surface area contributed by atoms with Crippen molar-refractivity contribution in [1.29, 1.82) is 0 Å². The standard InChI is InChI=1S/C18H20F2O/c1-3-18(4-2,13-8-6-5-7-9-13)17(21)15-11-10-14(19)12-16(15)20/h5-12,17,21H,3-4H2,1-2H3. The molecule has 0 radical (unpaired) electrons. The van der Waals surface area contributed by atoms with E-state index in [0.717, 1.165) is 11.6 Å². The van der Waals surface area contributed by atoms with Gasteiger partial charge in [-0.25, -0.2) is 8.78 Å². The lowest BCUT2D eigenvalue weighted by Crippen LogP contribution is -2.33. The quantitative estimate of drug-likeness (QED) is 0.842. The molecule has 0 aromatic heterocycles. The van der Waals surface area contributed by atoms with Crippen LogP contribution in [0.4, 0.5) is 8.78 Å². The van der Waals surface area contributed by atoms with E-state index in [4.69, 9.17) is 0 Å². The molecule has 0 fully saturated rings. The summed E-state index contributed by atoms with van der Waals surface area (Å²) in [5.41, 5.74) is 0.523. The maximum Gasteiger partial charge on any atom is 0.131 e. The molecule has 3 heteroatoms. The molecule has 0 saturated carbocycles. The number of hydrogen-bond donors (Lipinski definition) is 1. The molecule has 2 aromatic rings. The molecule has 0 spiro atoms. The van der Waals surface area contributed by atoms with E-state index in [-0.39, 0.29) is 5.56 Å². The molecule has 1 nitrogen and oxygen atoms in total. The number of benzene rings is 2. The first kappa shape index (κ1) is 15.6. The van der Waals surface area contributed by atoms with Gasteiger partial charge in [0, 0.05) is 17.0 Å². The van der Waals surface area contributed by atoms with Gasteiger partial charge in [0.25, 0.3) is 0 Å². The average molecular weight is 290 g/mol. The lowest BCUT2D eigenvalue weighted by atomic mass is 9.69. The zero-order valence-electron chi connectivity index (χ0n) is 12.3. The fourth-order valence-corrected chi connectivity index (χ4v) is 2.99. The van der Waals surface area contributed by atoms with Crippen LogP contribution >= 0.6 is 0 Å². The van der Waals surface area contributed by atoms with Crippen molar-refractivity contribution in [2.75, 3.05) is 0 Å². The van der Waals surface area contributed by atoms with Crippen molar-refractivity contribution in [3.63, 3.8) is 0 Å². The average Bonchev–Trinajstić information content (AvgIpc) is 2.50. The van der Waals surface area contributed by atoms with Gasteiger partial charge in [-0.05, 0) is 24.5 Å². The van der Waals surface area contributed by atoms with Gasteiger partial charge in [-0.15, -0.1) is 0 Å². The van der Waals surface area contributed by atoms with E-state index in [9.17, 15) is 13.9 Å². The van der Waals surface area contributed by atoms with Crippen LogP contribution in [0.5, 0.6) is 0 Å². The van der Waals surface area contributed by atoms with E-state index in [1.54, 1.807) is 0 Å². The molecular formula is C18H20F2O. The maximum atomic E-state index is 14.0. The summed E-state index contributed by atoms with van der Waals surface area (Å²) >= 11 is 0. The van der Waals surface area contributed by atoms with Crippen LogP contribution in [0.1, 0.15) is 43.9 Å². The number of aliphatic hydroxyl groups excluding tert-OH is 1. The van der Waals surface area contributed by atoms with Crippen LogP contribution < -0.4 is 0 Å². The Morgan fingerprint density at radius 2 is 1.62 bits per heavy atom. The van der Waals surface area contributed by atoms with Crippen molar-refractivity contribution >= 4 is 0 Å². The lowest BCUT2D eigenvalue weighted by molar-refractivity contribution is 0.0694. The summed E-state index contributed by atoms with van der Waals surface area (Å²) in [6.07, 6.45) is 0.298. The first-order valence-corrected chi connectivity index (χ1v) is 7.23. The summed E-state index contributed by atoms with van der Waals surface area (Å²) in [4.78, 5) is 0. The largest absolute Gasteiger partial charge is 0.387 e. The Morgan fingerprint density at radius 1 is 1.00 bits per heavy atom. The van der Waals surface area contributed by atoms with E-state index in [2.05, 4.69) is 0 Å². The van der Waals surface area contributed by atoms with Crippen LogP contribution in [0, 0.1) is 11.6 Å². The number of hydrogen-bond acceptors (Lipinski definition) is 1. The molecular weight excluding hydrogens is 270 g/mol. The highest BCUT2D eigenvalue weighted by Crippen LogP contribution is 2.43. The molecule has 0 aliphatic rings. The summed E-state index contributed by atoms with van der Waals surface area (Å²) in [5, 5.41) is 10.8. The van der Waals surface area contributed by atoms with E-state index < -0.39 is 23.2 Å². The molecule has 0 saturated heterocycles. The van der Waals surface area contributed by atoms with Crippen LogP contribution in [0.25, 0.3) is 0 Å². The highest BCUT2D eigenvalue weighted by atomic mass is 19.1. The molecule has 0 bridgehead atoms. The fraction of sp³-hybridized carbons (Fsp3) is 0.333. The molecule has 21 heavy (non-hydrogen) atoms. The van der Waals surface area contributed by atoms with Crippen molar-refractivity contribution in [1.82, 2.24) is 0 Å². The normalized spacial score (nSPS) is 13.2. The van der Waals surface area contributed by atoms with Crippen LogP contribution in [0.3, 0.4) is 0 Å². The van der Waals surface area contributed by atoms with Crippen molar-refractivity contribution in [3.05, 3.63) is 71.3 Å². The minimum Gasteiger partial charge on any atom is -0.387 e. The topological polar surface area (TPSA) is 20.2 Å². The van der Waals surface area contributed by atoms with Gasteiger partial charge in [0.1, 0.15) is 11.6 Å². The molecule has 0 heterocycles.